The Balaban J connectivity index is 0.00000576. The zero-order valence-electron chi connectivity index (χ0n) is 14.0. The van der Waals surface area contributed by atoms with Gasteiger partial charge in [0.25, 0.3) is 11.8 Å². The predicted octanol–water partition coefficient (Wildman–Crippen LogP) is 2.62. The van der Waals surface area contributed by atoms with Crippen LogP contribution in [0.1, 0.15) is 30.6 Å². The first-order valence-corrected chi connectivity index (χ1v) is 8.00. The van der Waals surface area contributed by atoms with E-state index >= 15 is 0 Å². The molecule has 0 saturated carbocycles. The third-order valence-electron chi connectivity index (χ3n) is 3.71. The number of benzene rings is 1. The quantitative estimate of drug-likeness (QED) is 0.630. The maximum atomic E-state index is 13.2. The van der Waals surface area contributed by atoms with Gasteiger partial charge >= 0.3 is 0 Å². The molecule has 9 heteroatoms. The highest BCUT2D eigenvalue weighted by atomic mass is 35.5. The van der Waals surface area contributed by atoms with Gasteiger partial charge in [0, 0.05) is 10.6 Å². The van der Waals surface area contributed by atoms with E-state index in [0.717, 1.165) is 0 Å². The molecule has 0 aliphatic carbocycles. The summed E-state index contributed by atoms with van der Waals surface area (Å²) in [6, 6.07) is 5.22. The Hall–Kier alpha value is -1.44. The molecule has 0 heterocycles. The first kappa shape index (κ1) is 23.6. The number of rotatable bonds is 8. The molecule has 142 valence electrons. The fraction of sp³-hybridized carbons (Fsp3) is 0.500. The molecule has 0 aliphatic heterocycles. The monoisotopic (exact) mass is 397 g/mol. The molecular formula is C16H23Cl2F2N3O2. The Labute approximate surface area is 157 Å². The van der Waals surface area contributed by atoms with Gasteiger partial charge in [-0.1, -0.05) is 31.9 Å². The topological polar surface area (TPSA) is 84.2 Å². The molecule has 0 aromatic heterocycles. The van der Waals surface area contributed by atoms with Gasteiger partial charge in [0.15, 0.2) is 0 Å². The lowest BCUT2D eigenvalue weighted by molar-refractivity contribution is -0.125. The van der Waals surface area contributed by atoms with Crippen LogP contribution in [0.15, 0.2) is 24.3 Å². The van der Waals surface area contributed by atoms with Crippen molar-refractivity contribution in [1.29, 1.82) is 0 Å². The number of carbonyl (C=O) groups excluding carboxylic acids is 2. The van der Waals surface area contributed by atoms with Gasteiger partial charge in [-0.3, -0.25) is 9.59 Å². The number of halogens is 4. The van der Waals surface area contributed by atoms with E-state index in [9.17, 15) is 18.4 Å². The zero-order valence-corrected chi connectivity index (χ0v) is 15.6. The molecule has 2 amide bonds. The van der Waals surface area contributed by atoms with Crippen molar-refractivity contribution in [2.75, 3.05) is 13.1 Å². The van der Waals surface area contributed by atoms with E-state index in [1.165, 1.54) is 12.1 Å². The Morgan fingerprint density at radius 3 is 2.32 bits per heavy atom. The van der Waals surface area contributed by atoms with E-state index < -0.39 is 36.9 Å². The molecule has 5 nitrogen and oxygen atoms in total. The van der Waals surface area contributed by atoms with Crippen molar-refractivity contribution >= 4 is 35.8 Å². The smallest absolute Gasteiger partial charge is 0.277 e. The summed E-state index contributed by atoms with van der Waals surface area (Å²) in [4.78, 5) is 24.5. The van der Waals surface area contributed by atoms with E-state index in [2.05, 4.69) is 10.6 Å². The maximum absolute atomic E-state index is 13.2. The Morgan fingerprint density at radius 2 is 1.84 bits per heavy atom. The molecule has 1 aromatic rings. The van der Waals surface area contributed by atoms with Crippen LogP contribution < -0.4 is 16.4 Å². The van der Waals surface area contributed by atoms with E-state index in [-0.39, 0.29) is 18.3 Å². The van der Waals surface area contributed by atoms with Crippen molar-refractivity contribution in [3.63, 3.8) is 0 Å². The summed E-state index contributed by atoms with van der Waals surface area (Å²) < 4.78 is 26.4. The summed E-state index contributed by atoms with van der Waals surface area (Å²) in [7, 11) is 0. The fourth-order valence-electron chi connectivity index (χ4n) is 1.93. The minimum absolute atomic E-state index is 0. The molecule has 0 aliphatic rings. The highest BCUT2D eigenvalue weighted by Gasteiger charge is 2.31. The minimum atomic E-state index is -3.18. The second-order valence-corrected chi connectivity index (χ2v) is 6.06. The first-order chi connectivity index (χ1) is 11.2. The lowest BCUT2D eigenvalue weighted by Gasteiger charge is -2.24. The molecule has 4 N–H and O–H groups in total. The van der Waals surface area contributed by atoms with Crippen molar-refractivity contribution < 1.29 is 18.4 Å². The van der Waals surface area contributed by atoms with Crippen LogP contribution in [-0.4, -0.2) is 36.9 Å². The van der Waals surface area contributed by atoms with Crippen molar-refractivity contribution in [3.05, 3.63) is 34.9 Å². The van der Waals surface area contributed by atoms with Crippen molar-refractivity contribution in [2.24, 2.45) is 11.7 Å². The standard InChI is InChI=1S/C16H22ClF2N3O2.ClH/c1-3-10(2)13(15(24)21-9-16(18,19)8-20)22-14(23)11-4-6-12(17)7-5-11;/h4-7,10,13H,3,8-9,20H2,1-2H3,(H,21,24)(H,22,23);1H. The average molecular weight is 398 g/mol. The summed E-state index contributed by atoms with van der Waals surface area (Å²) in [5.41, 5.74) is 5.27. The molecule has 1 aromatic carbocycles. The third kappa shape index (κ3) is 7.54. The molecule has 1 rings (SSSR count). The van der Waals surface area contributed by atoms with Gasteiger partial charge in [-0.25, -0.2) is 8.78 Å². The molecule has 25 heavy (non-hydrogen) atoms. The maximum Gasteiger partial charge on any atom is 0.277 e. The summed E-state index contributed by atoms with van der Waals surface area (Å²) in [5.74, 6) is -4.55. The number of alkyl halides is 2. The van der Waals surface area contributed by atoms with Gasteiger partial charge in [0.2, 0.25) is 5.91 Å². The Kier molecular flexibility index (Phi) is 9.92. The summed E-state index contributed by atoms with van der Waals surface area (Å²) in [6.45, 7) is 1.87. The highest BCUT2D eigenvalue weighted by Crippen LogP contribution is 2.13. The number of amides is 2. The van der Waals surface area contributed by atoms with Crippen LogP contribution in [0.5, 0.6) is 0 Å². The van der Waals surface area contributed by atoms with E-state index in [1.54, 1.807) is 19.1 Å². The van der Waals surface area contributed by atoms with Crippen LogP contribution >= 0.6 is 24.0 Å². The van der Waals surface area contributed by atoms with Gasteiger partial charge in [0.1, 0.15) is 6.04 Å². The molecule has 0 saturated heterocycles. The van der Waals surface area contributed by atoms with Crippen molar-refractivity contribution in [3.8, 4) is 0 Å². The molecule has 0 bridgehead atoms. The zero-order chi connectivity index (χ0) is 18.3. The molecular weight excluding hydrogens is 375 g/mol. The second kappa shape index (κ2) is 10.5. The molecule has 0 fully saturated rings. The van der Waals surface area contributed by atoms with Crippen LogP contribution in [0.4, 0.5) is 8.78 Å². The number of hydrogen-bond acceptors (Lipinski definition) is 3. The largest absolute Gasteiger partial charge is 0.348 e. The molecule has 0 spiro atoms. The van der Waals surface area contributed by atoms with Gasteiger partial charge in [-0.15, -0.1) is 12.4 Å². The number of carbonyl (C=O) groups is 2. The highest BCUT2D eigenvalue weighted by molar-refractivity contribution is 6.30. The normalized spacial score (nSPS) is 13.4. The summed E-state index contributed by atoms with van der Waals surface area (Å²) in [5, 5.41) is 5.22. The molecule has 2 atom stereocenters. The van der Waals surface area contributed by atoms with E-state index in [4.69, 9.17) is 17.3 Å². The van der Waals surface area contributed by atoms with Crippen molar-refractivity contribution in [1.82, 2.24) is 10.6 Å². The van der Waals surface area contributed by atoms with Crippen LogP contribution in [0.3, 0.4) is 0 Å². The lowest BCUT2D eigenvalue weighted by Crippen LogP contribution is -2.53. The number of nitrogens with two attached hydrogens (primary N) is 1. The number of nitrogens with one attached hydrogen (secondary N) is 2. The average Bonchev–Trinajstić information content (AvgIpc) is 2.57. The van der Waals surface area contributed by atoms with Crippen LogP contribution in [0, 0.1) is 5.92 Å². The predicted molar refractivity (Wildman–Crippen MR) is 96.4 cm³/mol. The minimum Gasteiger partial charge on any atom is -0.348 e. The van der Waals surface area contributed by atoms with Crippen LogP contribution in [0.25, 0.3) is 0 Å². The summed E-state index contributed by atoms with van der Waals surface area (Å²) >= 11 is 5.77. The fourth-order valence-corrected chi connectivity index (χ4v) is 2.05. The Bertz CT molecular complexity index is 571. The van der Waals surface area contributed by atoms with Crippen LogP contribution in [-0.2, 0) is 4.79 Å². The van der Waals surface area contributed by atoms with Gasteiger partial charge in [-0.2, -0.15) is 0 Å². The third-order valence-corrected chi connectivity index (χ3v) is 3.96. The van der Waals surface area contributed by atoms with Gasteiger partial charge in [-0.05, 0) is 30.2 Å². The summed E-state index contributed by atoms with van der Waals surface area (Å²) in [6.07, 6.45) is 0.590. The van der Waals surface area contributed by atoms with Gasteiger partial charge in [0.05, 0.1) is 13.1 Å². The van der Waals surface area contributed by atoms with E-state index in [0.29, 0.717) is 17.0 Å². The van der Waals surface area contributed by atoms with Crippen molar-refractivity contribution in [2.45, 2.75) is 32.2 Å². The van der Waals surface area contributed by atoms with E-state index in [1.807, 2.05) is 6.92 Å². The molecule has 0 radical (unpaired) electrons. The first-order valence-electron chi connectivity index (χ1n) is 7.62. The SMILES string of the molecule is CCC(C)C(NC(=O)c1ccc(Cl)cc1)C(=O)NCC(F)(F)CN.Cl. The molecule has 2 unspecified atom stereocenters. The van der Waals surface area contributed by atoms with Gasteiger partial charge < -0.3 is 16.4 Å². The second-order valence-electron chi connectivity index (χ2n) is 5.62. The number of hydrogen-bond donors (Lipinski definition) is 3. The Morgan fingerprint density at radius 1 is 1.28 bits per heavy atom. The lowest BCUT2D eigenvalue weighted by atomic mass is 9.97. The van der Waals surface area contributed by atoms with Crippen LogP contribution in [0.2, 0.25) is 5.02 Å².